The molecule has 0 radical (unpaired) electrons. The van der Waals surface area contributed by atoms with Gasteiger partial charge in [0, 0.05) is 53.4 Å². The second kappa shape index (κ2) is 12.7. The number of furan rings is 1. The summed E-state index contributed by atoms with van der Waals surface area (Å²) in [5.41, 5.74) is 9.86. The summed E-state index contributed by atoms with van der Waals surface area (Å²) in [4.78, 5) is 2.36. The summed E-state index contributed by atoms with van der Waals surface area (Å²) in [6.07, 6.45) is 0. The van der Waals surface area contributed by atoms with Crippen molar-refractivity contribution in [3.63, 3.8) is 0 Å². The zero-order valence-electron chi connectivity index (χ0n) is 30.8. The number of fused-ring (bicyclic) bond motifs is 11. The normalized spacial score (nSPS) is 11.9. The maximum Gasteiger partial charge on any atom is 0.143 e. The second-order valence-electron chi connectivity index (χ2n) is 14.9. The first-order valence-electron chi connectivity index (χ1n) is 19.4. The van der Waals surface area contributed by atoms with Crippen molar-refractivity contribution in [3.05, 3.63) is 200 Å². The molecule has 0 aliphatic heterocycles. The number of benzene rings is 10. The van der Waals surface area contributed by atoms with Crippen LogP contribution in [0.4, 0.5) is 17.1 Å². The van der Waals surface area contributed by atoms with Crippen LogP contribution in [-0.4, -0.2) is 0 Å². The van der Waals surface area contributed by atoms with Crippen LogP contribution in [0.15, 0.2) is 205 Å². The topological polar surface area (TPSA) is 16.4 Å². The van der Waals surface area contributed by atoms with Gasteiger partial charge in [-0.3, -0.25) is 0 Å². The molecular weight excluding hydrogens is 711 g/mol. The Morgan fingerprint density at radius 2 is 1.00 bits per heavy atom. The number of nitrogens with zero attached hydrogens (tertiary/aromatic N) is 1. The minimum atomic E-state index is 0.891. The van der Waals surface area contributed by atoms with Crippen LogP contribution in [0.1, 0.15) is 0 Å². The van der Waals surface area contributed by atoms with Crippen molar-refractivity contribution in [2.45, 2.75) is 0 Å². The Bertz CT molecular complexity index is 3520. The highest BCUT2D eigenvalue weighted by Crippen LogP contribution is 2.44. The Labute approximate surface area is 333 Å². The first-order chi connectivity index (χ1) is 28.2. The lowest BCUT2D eigenvalue weighted by Crippen LogP contribution is -2.09. The molecule has 0 spiro atoms. The van der Waals surface area contributed by atoms with Crippen LogP contribution in [0.3, 0.4) is 0 Å². The van der Waals surface area contributed by atoms with Gasteiger partial charge in [0.15, 0.2) is 0 Å². The number of thiophene rings is 1. The molecule has 57 heavy (non-hydrogen) atoms. The predicted octanol–water partition coefficient (Wildman–Crippen LogP) is 16.2. The maximum absolute atomic E-state index is 6.74. The first kappa shape index (κ1) is 32.1. The van der Waals surface area contributed by atoms with Gasteiger partial charge >= 0.3 is 0 Å². The van der Waals surface area contributed by atoms with Gasteiger partial charge < -0.3 is 9.32 Å². The van der Waals surface area contributed by atoms with E-state index in [4.69, 9.17) is 4.42 Å². The Morgan fingerprint density at radius 1 is 0.351 bits per heavy atom. The fourth-order valence-electron chi connectivity index (χ4n) is 8.87. The number of anilines is 3. The zero-order valence-corrected chi connectivity index (χ0v) is 31.6. The van der Waals surface area contributed by atoms with Crippen molar-refractivity contribution in [3.8, 4) is 22.3 Å². The Morgan fingerprint density at radius 3 is 1.86 bits per heavy atom. The smallest absolute Gasteiger partial charge is 0.143 e. The molecular formula is C54H33NOS. The Hall–Kier alpha value is -7.20. The first-order valence-corrected chi connectivity index (χ1v) is 20.2. The van der Waals surface area contributed by atoms with Crippen molar-refractivity contribution in [2.75, 3.05) is 4.90 Å². The van der Waals surface area contributed by atoms with Crippen LogP contribution in [-0.2, 0) is 0 Å². The molecule has 266 valence electrons. The van der Waals surface area contributed by atoms with Gasteiger partial charge in [0.1, 0.15) is 11.2 Å². The predicted molar refractivity (Wildman–Crippen MR) is 245 cm³/mol. The molecule has 0 amide bonds. The molecule has 0 aliphatic carbocycles. The molecule has 12 aromatic rings. The number of para-hydroxylation sites is 1. The number of hydrogen-bond acceptors (Lipinski definition) is 3. The van der Waals surface area contributed by atoms with Crippen LogP contribution < -0.4 is 4.90 Å². The number of hydrogen-bond donors (Lipinski definition) is 0. The zero-order chi connectivity index (χ0) is 37.5. The highest BCUT2D eigenvalue weighted by atomic mass is 32.1. The molecule has 2 aromatic heterocycles. The van der Waals surface area contributed by atoms with Crippen molar-refractivity contribution < 1.29 is 4.42 Å². The van der Waals surface area contributed by atoms with E-state index in [2.05, 4.69) is 205 Å². The van der Waals surface area contributed by atoms with E-state index < -0.39 is 0 Å². The van der Waals surface area contributed by atoms with Gasteiger partial charge in [-0.25, -0.2) is 0 Å². The summed E-state index contributed by atoms with van der Waals surface area (Å²) in [6.45, 7) is 0. The molecule has 3 heteroatoms. The average Bonchev–Trinajstić information content (AvgIpc) is 3.85. The fraction of sp³-hybridized carbons (Fsp3) is 0. The van der Waals surface area contributed by atoms with Gasteiger partial charge in [-0.1, -0.05) is 127 Å². The van der Waals surface area contributed by atoms with Crippen LogP contribution in [0.2, 0.25) is 0 Å². The highest BCUT2D eigenvalue weighted by molar-refractivity contribution is 7.26. The van der Waals surface area contributed by atoms with E-state index in [9.17, 15) is 0 Å². The van der Waals surface area contributed by atoms with Crippen LogP contribution in [0, 0.1) is 0 Å². The molecule has 2 heterocycles. The van der Waals surface area contributed by atoms with E-state index in [-0.39, 0.29) is 0 Å². The SMILES string of the molecule is c1ccc(N(c2ccc(-c3ccc4c(c3)oc3c5ccccc5c(-c5ccc6ccccc6c5)cc43)cc2)c2ccc3sc4ccc5ccccc5c4c3c2)cc1. The van der Waals surface area contributed by atoms with Gasteiger partial charge in [-0.05, 0) is 122 Å². The number of rotatable bonds is 5. The standard InChI is InChI=1S/C54H33NOS/c1-2-13-40(14-3-1)55(42-26-29-51-49(32-42)53-43-15-7-6-11-36(43)23-28-52(53)57-51)41-24-20-35(21-25-41)38-22-27-45-48-33-47(39-19-18-34-10-4-5-12-37(34)30-39)44-16-8-9-17-46(44)54(48)56-50(45)31-38/h1-33H. The molecule has 10 aromatic carbocycles. The van der Waals surface area contributed by atoms with Crippen LogP contribution >= 0.6 is 11.3 Å². The minimum absolute atomic E-state index is 0.891. The van der Waals surface area contributed by atoms with Crippen molar-refractivity contribution in [1.82, 2.24) is 0 Å². The molecule has 0 aliphatic rings. The third-order valence-corrected chi connectivity index (χ3v) is 12.8. The summed E-state index contributed by atoms with van der Waals surface area (Å²) >= 11 is 1.86. The molecule has 0 N–H and O–H groups in total. The Kier molecular flexibility index (Phi) is 7.13. The van der Waals surface area contributed by atoms with Crippen molar-refractivity contribution in [1.29, 1.82) is 0 Å². The summed E-state index contributed by atoms with van der Waals surface area (Å²) in [6, 6.07) is 72.6. The molecule has 12 rings (SSSR count). The van der Waals surface area contributed by atoms with Crippen molar-refractivity contribution >= 4 is 103 Å². The van der Waals surface area contributed by atoms with E-state index in [0.29, 0.717) is 0 Å². The fourth-order valence-corrected chi connectivity index (χ4v) is 9.98. The molecule has 0 atom stereocenters. The van der Waals surface area contributed by atoms with Gasteiger partial charge in [-0.2, -0.15) is 0 Å². The molecule has 2 nitrogen and oxygen atoms in total. The summed E-state index contributed by atoms with van der Waals surface area (Å²) in [5, 5.41) is 12.3. The highest BCUT2D eigenvalue weighted by Gasteiger charge is 2.18. The van der Waals surface area contributed by atoms with E-state index in [1.165, 1.54) is 58.2 Å². The van der Waals surface area contributed by atoms with E-state index in [1.807, 2.05) is 11.3 Å². The third kappa shape index (κ3) is 5.17. The van der Waals surface area contributed by atoms with E-state index in [1.54, 1.807) is 0 Å². The monoisotopic (exact) mass is 743 g/mol. The lowest BCUT2D eigenvalue weighted by atomic mass is 9.94. The van der Waals surface area contributed by atoms with Gasteiger partial charge in [0.05, 0.1) is 0 Å². The largest absolute Gasteiger partial charge is 0.455 e. The molecule has 0 bridgehead atoms. The summed E-state index contributed by atoms with van der Waals surface area (Å²) < 4.78 is 9.36. The maximum atomic E-state index is 6.74. The minimum Gasteiger partial charge on any atom is -0.455 e. The second-order valence-corrected chi connectivity index (χ2v) is 16.0. The van der Waals surface area contributed by atoms with E-state index in [0.717, 1.165) is 55.5 Å². The molecule has 0 unspecified atom stereocenters. The molecule has 0 saturated carbocycles. The third-order valence-electron chi connectivity index (χ3n) is 11.6. The van der Waals surface area contributed by atoms with Crippen molar-refractivity contribution in [2.24, 2.45) is 0 Å². The molecule has 0 saturated heterocycles. The van der Waals surface area contributed by atoms with Gasteiger partial charge in [0.2, 0.25) is 0 Å². The molecule has 0 fully saturated rings. The lowest BCUT2D eigenvalue weighted by Gasteiger charge is -2.26. The van der Waals surface area contributed by atoms with Gasteiger partial charge in [-0.15, -0.1) is 11.3 Å². The Balaban J connectivity index is 0.951. The summed E-state index contributed by atoms with van der Waals surface area (Å²) in [5.74, 6) is 0. The van der Waals surface area contributed by atoms with E-state index >= 15 is 0 Å². The summed E-state index contributed by atoms with van der Waals surface area (Å²) in [7, 11) is 0. The quantitative estimate of drug-likeness (QED) is 0.175. The lowest BCUT2D eigenvalue weighted by molar-refractivity contribution is 0.673. The van der Waals surface area contributed by atoms with Crippen LogP contribution in [0.5, 0.6) is 0 Å². The van der Waals surface area contributed by atoms with Crippen LogP contribution in [0.25, 0.3) is 96.7 Å². The average molecular weight is 744 g/mol. The van der Waals surface area contributed by atoms with Gasteiger partial charge in [0.25, 0.3) is 0 Å².